The molecule has 0 saturated carbocycles. The molecule has 0 spiro atoms. The van der Waals surface area contributed by atoms with Crippen LogP contribution in [-0.4, -0.2) is 28.2 Å². The molecular formula is C18H23N3OS2. The molecule has 0 fully saturated rings. The lowest BCUT2D eigenvalue weighted by molar-refractivity contribution is -0.118. The number of hydrogen-bond donors (Lipinski definition) is 1. The quantitative estimate of drug-likeness (QED) is 0.715. The fourth-order valence-corrected chi connectivity index (χ4v) is 3.76. The molecule has 1 aromatic heterocycles. The first kappa shape index (κ1) is 18.8. The van der Waals surface area contributed by atoms with Crippen LogP contribution in [0.3, 0.4) is 0 Å². The minimum Gasteiger partial charge on any atom is -0.355 e. The molecule has 0 unspecified atom stereocenters. The zero-order chi connectivity index (χ0) is 17.4. The first-order chi connectivity index (χ1) is 11.6. The van der Waals surface area contributed by atoms with Gasteiger partial charge in [-0.3, -0.25) is 4.79 Å². The van der Waals surface area contributed by atoms with E-state index in [1.54, 1.807) is 24.2 Å². The normalized spacial score (nSPS) is 10.8. The van der Waals surface area contributed by atoms with Gasteiger partial charge in [-0.15, -0.1) is 0 Å². The standard InChI is InChI=1S/C18H23N3OS2/c1-13(2)8-9-19-16(22)12-23-17-18(21-11-10-20-17)24-15-7-5-4-6-14(15)3/h4-7,10-11,13H,8-9,12H2,1-3H3,(H,19,22). The predicted molar refractivity (Wildman–Crippen MR) is 101 cm³/mol. The average molecular weight is 362 g/mol. The first-order valence-electron chi connectivity index (χ1n) is 8.00. The van der Waals surface area contributed by atoms with Gasteiger partial charge in [-0.05, 0) is 30.9 Å². The Hall–Kier alpha value is -1.53. The van der Waals surface area contributed by atoms with Gasteiger partial charge in [0.25, 0.3) is 0 Å². The van der Waals surface area contributed by atoms with E-state index in [0.29, 0.717) is 11.7 Å². The van der Waals surface area contributed by atoms with Gasteiger partial charge >= 0.3 is 0 Å². The highest BCUT2D eigenvalue weighted by Crippen LogP contribution is 2.33. The van der Waals surface area contributed by atoms with Gasteiger partial charge in [0.05, 0.1) is 5.75 Å². The van der Waals surface area contributed by atoms with Gasteiger partial charge in [0.2, 0.25) is 5.91 Å². The van der Waals surface area contributed by atoms with Crippen molar-refractivity contribution in [3.8, 4) is 0 Å². The molecule has 4 nitrogen and oxygen atoms in total. The van der Waals surface area contributed by atoms with Crippen LogP contribution < -0.4 is 5.32 Å². The lowest BCUT2D eigenvalue weighted by atomic mass is 10.1. The minimum atomic E-state index is 0.0399. The molecule has 2 aromatic rings. The van der Waals surface area contributed by atoms with Crippen molar-refractivity contribution >= 4 is 29.4 Å². The van der Waals surface area contributed by atoms with Gasteiger partial charge < -0.3 is 5.32 Å². The summed E-state index contributed by atoms with van der Waals surface area (Å²) in [4.78, 5) is 21.9. The summed E-state index contributed by atoms with van der Waals surface area (Å²) in [5.74, 6) is 0.992. The summed E-state index contributed by atoms with van der Waals surface area (Å²) < 4.78 is 0. The molecule has 6 heteroatoms. The fraction of sp³-hybridized carbons (Fsp3) is 0.389. The van der Waals surface area contributed by atoms with Crippen molar-refractivity contribution in [1.29, 1.82) is 0 Å². The lowest BCUT2D eigenvalue weighted by Gasteiger charge is -2.09. The fourth-order valence-electron chi connectivity index (χ4n) is 1.94. The van der Waals surface area contributed by atoms with Crippen LogP contribution in [0.15, 0.2) is 51.6 Å². The SMILES string of the molecule is Cc1ccccc1Sc1nccnc1SCC(=O)NCCC(C)C. The third-order valence-electron chi connectivity index (χ3n) is 3.32. The minimum absolute atomic E-state index is 0.0399. The number of hydrogen-bond acceptors (Lipinski definition) is 5. The number of nitrogens with zero attached hydrogens (tertiary/aromatic N) is 2. The number of carbonyl (C=O) groups is 1. The van der Waals surface area contributed by atoms with Crippen molar-refractivity contribution < 1.29 is 4.79 Å². The van der Waals surface area contributed by atoms with E-state index in [4.69, 9.17) is 0 Å². The van der Waals surface area contributed by atoms with Crippen LogP contribution in [-0.2, 0) is 4.79 Å². The molecule has 1 amide bonds. The van der Waals surface area contributed by atoms with Crippen molar-refractivity contribution in [1.82, 2.24) is 15.3 Å². The number of aryl methyl sites for hydroxylation is 1. The van der Waals surface area contributed by atoms with Gasteiger partial charge in [0.1, 0.15) is 10.1 Å². The molecule has 0 saturated heterocycles. The van der Waals surface area contributed by atoms with Gasteiger partial charge in [-0.2, -0.15) is 0 Å². The van der Waals surface area contributed by atoms with E-state index in [-0.39, 0.29) is 5.91 Å². The van der Waals surface area contributed by atoms with E-state index >= 15 is 0 Å². The Balaban J connectivity index is 1.94. The summed E-state index contributed by atoms with van der Waals surface area (Å²) in [5.41, 5.74) is 1.20. The zero-order valence-corrected chi connectivity index (χ0v) is 15.9. The molecular weight excluding hydrogens is 338 g/mol. The second-order valence-corrected chi connectivity index (χ2v) is 7.85. The van der Waals surface area contributed by atoms with Gasteiger partial charge in [-0.1, -0.05) is 55.6 Å². The zero-order valence-electron chi connectivity index (χ0n) is 14.3. The Morgan fingerprint density at radius 2 is 1.88 bits per heavy atom. The summed E-state index contributed by atoms with van der Waals surface area (Å²) in [5, 5.41) is 4.58. The molecule has 0 aliphatic heterocycles. The molecule has 1 heterocycles. The maximum Gasteiger partial charge on any atom is 0.230 e. The number of carbonyl (C=O) groups excluding carboxylic acids is 1. The van der Waals surface area contributed by atoms with Crippen molar-refractivity contribution in [2.75, 3.05) is 12.3 Å². The molecule has 1 N–H and O–H groups in total. The van der Waals surface area contributed by atoms with Crippen LogP contribution in [0.2, 0.25) is 0 Å². The van der Waals surface area contributed by atoms with Crippen LogP contribution in [0.1, 0.15) is 25.8 Å². The van der Waals surface area contributed by atoms with E-state index in [2.05, 4.69) is 48.2 Å². The number of amides is 1. The summed E-state index contributed by atoms with van der Waals surface area (Å²) in [6.07, 6.45) is 4.35. The van der Waals surface area contributed by atoms with E-state index in [1.807, 2.05) is 12.1 Å². The van der Waals surface area contributed by atoms with Crippen LogP contribution in [0.4, 0.5) is 0 Å². The summed E-state index contributed by atoms with van der Waals surface area (Å²) in [6.45, 7) is 7.10. The van der Waals surface area contributed by atoms with Gasteiger partial charge in [-0.25, -0.2) is 9.97 Å². The maximum absolute atomic E-state index is 11.9. The third-order valence-corrected chi connectivity index (χ3v) is 5.60. The monoisotopic (exact) mass is 361 g/mol. The largest absolute Gasteiger partial charge is 0.355 e. The number of rotatable bonds is 8. The predicted octanol–water partition coefficient (Wildman–Crippen LogP) is 4.19. The van der Waals surface area contributed by atoms with Crippen molar-refractivity contribution in [3.63, 3.8) is 0 Å². The maximum atomic E-state index is 11.9. The molecule has 24 heavy (non-hydrogen) atoms. The Morgan fingerprint density at radius 1 is 1.17 bits per heavy atom. The van der Waals surface area contributed by atoms with E-state index in [9.17, 15) is 4.79 Å². The summed E-state index contributed by atoms with van der Waals surface area (Å²) >= 11 is 3.02. The second-order valence-electron chi connectivity index (χ2n) is 5.86. The van der Waals surface area contributed by atoms with Crippen LogP contribution in [0.5, 0.6) is 0 Å². The van der Waals surface area contributed by atoms with Crippen molar-refractivity contribution in [2.24, 2.45) is 5.92 Å². The van der Waals surface area contributed by atoms with Crippen LogP contribution in [0, 0.1) is 12.8 Å². The Kier molecular flexibility index (Phi) is 7.59. The van der Waals surface area contributed by atoms with Gasteiger partial charge in [0, 0.05) is 23.8 Å². The van der Waals surface area contributed by atoms with Crippen LogP contribution in [0.25, 0.3) is 0 Å². The van der Waals surface area contributed by atoms with Crippen molar-refractivity contribution in [2.45, 2.75) is 42.1 Å². The topological polar surface area (TPSA) is 54.9 Å². The number of aromatic nitrogens is 2. The molecule has 1 aromatic carbocycles. The van der Waals surface area contributed by atoms with E-state index < -0.39 is 0 Å². The molecule has 128 valence electrons. The lowest BCUT2D eigenvalue weighted by Crippen LogP contribution is -2.26. The Labute approximate surface area is 152 Å². The van der Waals surface area contributed by atoms with E-state index in [1.165, 1.54) is 17.3 Å². The third kappa shape index (κ3) is 6.17. The van der Waals surface area contributed by atoms with E-state index in [0.717, 1.165) is 27.9 Å². The Morgan fingerprint density at radius 3 is 2.58 bits per heavy atom. The molecule has 2 rings (SSSR count). The molecule has 0 atom stereocenters. The number of nitrogens with one attached hydrogen (secondary N) is 1. The van der Waals surface area contributed by atoms with Crippen LogP contribution >= 0.6 is 23.5 Å². The smallest absolute Gasteiger partial charge is 0.230 e. The number of benzene rings is 1. The first-order valence-corrected chi connectivity index (χ1v) is 9.80. The molecule has 0 bridgehead atoms. The average Bonchev–Trinajstić information content (AvgIpc) is 2.56. The molecule has 0 aliphatic rings. The Bertz CT molecular complexity index is 677. The summed E-state index contributed by atoms with van der Waals surface area (Å²) in [6, 6.07) is 8.18. The van der Waals surface area contributed by atoms with Crippen molar-refractivity contribution in [3.05, 3.63) is 42.2 Å². The van der Waals surface area contributed by atoms with Gasteiger partial charge in [0.15, 0.2) is 0 Å². The second kappa shape index (κ2) is 9.69. The molecule has 0 radical (unpaired) electrons. The highest BCUT2D eigenvalue weighted by atomic mass is 32.2. The summed E-state index contributed by atoms with van der Waals surface area (Å²) in [7, 11) is 0. The highest BCUT2D eigenvalue weighted by Gasteiger charge is 2.11. The number of thioether (sulfide) groups is 1. The highest BCUT2D eigenvalue weighted by molar-refractivity contribution is 8.02. The molecule has 0 aliphatic carbocycles.